The first kappa shape index (κ1) is 15.9. The Morgan fingerprint density at radius 3 is 2.88 bits per heavy atom. The number of carbonyl (C=O) groups is 1. The molecule has 0 saturated carbocycles. The highest BCUT2D eigenvalue weighted by atomic mass is 32.1. The number of benzene rings is 1. The SMILES string of the molecule is O=C(CNc1cccc(C#Cc2cccs2)c1)NCc1ccco1. The molecule has 0 saturated heterocycles. The van der Waals surface area contributed by atoms with Crippen molar-refractivity contribution >= 4 is 22.9 Å². The quantitative estimate of drug-likeness (QED) is 0.702. The Balaban J connectivity index is 1.52. The summed E-state index contributed by atoms with van der Waals surface area (Å²) >= 11 is 1.61. The molecule has 120 valence electrons. The minimum absolute atomic E-state index is 0.0959. The minimum Gasteiger partial charge on any atom is -0.467 e. The third kappa shape index (κ3) is 4.77. The van der Waals surface area contributed by atoms with Gasteiger partial charge in [0, 0.05) is 11.3 Å². The summed E-state index contributed by atoms with van der Waals surface area (Å²) in [5, 5.41) is 7.90. The van der Waals surface area contributed by atoms with Gasteiger partial charge in [0.1, 0.15) is 5.76 Å². The van der Waals surface area contributed by atoms with Crippen LogP contribution >= 0.6 is 11.3 Å². The Morgan fingerprint density at radius 1 is 1.12 bits per heavy atom. The predicted octanol–water partition coefficient (Wildman–Crippen LogP) is 3.47. The van der Waals surface area contributed by atoms with Gasteiger partial charge < -0.3 is 15.1 Å². The van der Waals surface area contributed by atoms with Crippen LogP contribution in [0.2, 0.25) is 0 Å². The molecule has 2 N–H and O–H groups in total. The fourth-order valence-electron chi connectivity index (χ4n) is 2.03. The smallest absolute Gasteiger partial charge is 0.239 e. The monoisotopic (exact) mass is 336 g/mol. The average Bonchev–Trinajstić information content (AvgIpc) is 3.30. The number of anilines is 1. The molecule has 0 atom stereocenters. The summed E-state index contributed by atoms with van der Waals surface area (Å²) < 4.78 is 5.17. The van der Waals surface area contributed by atoms with Gasteiger partial charge in [-0.3, -0.25) is 4.79 Å². The number of amides is 1. The van der Waals surface area contributed by atoms with E-state index in [0.29, 0.717) is 6.54 Å². The van der Waals surface area contributed by atoms with Gasteiger partial charge in [0.05, 0.1) is 24.2 Å². The van der Waals surface area contributed by atoms with E-state index in [4.69, 9.17) is 4.42 Å². The van der Waals surface area contributed by atoms with E-state index < -0.39 is 0 Å². The maximum absolute atomic E-state index is 11.8. The van der Waals surface area contributed by atoms with Crippen molar-refractivity contribution in [3.63, 3.8) is 0 Å². The highest BCUT2D eigenvalue weighted by molar-refractivity contribution is 7.10. The van der Waals surface area contributed by atoms with Gasteiger partial charge in [-0.15, -0.1) is 11.3 Å². The maximum Gasteiger partial charge on any atom is 0.239 e. The van der Waals surface area contributed by atoms with E-state index in [2.05, 4.69) is 22.5 Å². The lowest BCUT2D eigenvalue weighted by atomic mass is 10.2. The Labute approximate surface area is 144 Å². The van der Waals surface area contributed by atoms with Crippen molar-refractivity contribution in [2.24, 2.45) is 0 Å². The van der Waals surface area contributed by atoms with Gasteiger partial charge in [-0.05, 0) is 41.8 Å². The van der Waals surface area contributed by atoms with Crippen molar-refractivity contribution in [1.29, 1.82) is 0 Å². The molecule has 0 radical (unpaired) electrons. The molecule has 5 heteroatoms. The lowest BCUT2D eigenvalue weighted by Gasteiger charge is -2.07. The summed E-state index contributed by atoms with van der Waals surface area (Å²) in [6, 6.07) is 15.3. The molecule has 0 unspecified atom stereocenters. The third-order valence-electron chi connectivity index (χ3n) is 3.21. The van der Waals surface area contributed by atoms with E-state index in [0.717, 1.165) is 21.9 Å². The molecular weight excluding hydrogens is 320 g/mol. The van der Waals surface area contributed by atoms with Crippen LogP contribution in [0.25, 0.3) is 0 Å². The molecule has 2 aromatic heterocycles. The summed E-state index contributed by atoms with van der Waals surface area (Å²) in [6.07, 6.45) is 1.59. The largest absolute Gasteiger partial charge is 0.467 e. The fraction of sp³-hybridized carbons (Fsp3) is 0.105. The molecule has 1 amide bonds. The van der Waals surface area contributed by atoms with E-state index in [1.54, 1.807) is 23.7 Å². The van der Waals surface area contributed by atoms with Gasteiger partial charge in [0.2, 0.25) is 5.91 Å². The molecule has 3 aromatic rings. The second kappa shape index (κ2) is 8.04. The normalized spacial score (nSPS) is 9.83. The van der Waals surface area contributed by atoms with Crippen molar-refractivity contribution in [3.05, 3.63) is 76.4 Å². The lowest BCUT2D eigenvalue weighted by Crippen LogP contribution is -2.29. The third-order valence-corrected chi connectivity index (χ3v) is 3.99. The van der Waals surface area contributed by atoms with E-state index in [9.17, 15) is 4.79 Å². The number of furan rings is 1. The van der Waals surface area contributed by atoms with Crippen molar-refractivity contribution in [2.45, 2.75) is 6.54 Å². The molecule has 0 bridgehead atoms. The van der Waals surface area contributed by atoms with Crippen molar-refractivity contribution < 1.29 is 9.21 Å². The summed E-state index contributed by atoms with van der Waals surface area (Å²) in [5.74, 6) is 6.88. The van der Waals surface area contributed by atoms with Gasteiger partial charge in [-0.25, -0.2) is 0 Å². The number of hydrogen-bond acceptors (Lipinski definition) is 4. The van der Waals surface area contributed by atoms with E-state index in [1.165, 1.54) is 0 Å². The maximum atomic E-state index is 11.8. The Morgan fingerprint density at radius 2 is 2.08 bits per heavy atom. The van der Waals surface area contributed by atoms with E-state index in [-0.39, 0.29) is 12.5 Å². The molecule has 2 heterocycles. The first-order chi connectivity index (χ1) is 11.8. The predicted molar refractivity (Wildman–Crippen MR) is 95.8 cm³/mol. The van der Waals surface area contributed by atoms with Crippen LogP contribution in [0.1, 0.15) is 16.2 Å². The Bertz CT molecular complexity index is 843. The van der Waals surface area contributed by atoms with Gasteiger partial charge in [0.15, 0.2) is 0 Å². The summed E-state index contributed by atoms with van der Waals surface area (Å²) in [6.45, 7) is 0.586. The number of nitrogens with one attached hydrogen (secondary N) is 2. The van der Waals surface area contributed by atoms with Crippen molar-refractivity contribution in [3.8, 4) is 11.8 Å². The van der Waals surface area contributed by atoms with Crippen LogP contribution in [0.5, 0.6) is 0 Å². The first-order valence-electron chi connectivity index (χ1n) is 7.48. The molecule has 0 aliphatic rings. The minimum atomic E-state index is -0.0959. The molecule has 4 nitrogen and oxygen atoms in total. The van der Waals surface area contributed by atoms with E-state index in [1.807, 2.05) is 47.8 Å². The zero-order chi connectivity index (χ0) is 16.6. The number of carbonyl (C=O) groups excluding carboxylic acids is 1. The highest BCUT2D eigenvalue weighted by Gasteiger charge is 2.03. The van der Waals surface area contributed by atoms with Crippen LogP contribution in [0.4, 0.5) is 5.69 Å². The molecule has 24 heavy (non-hydrogen) atoms. The van der Waals surface area contributed by atoms with Crippen LogP contribution in [-0.2, 0) is 11.3 Å². The zero-order valence-corrected chi connectivity index (χ0v) is 13.7. The lowest BCUT2D eigenvalue weighted by molar-refractivity contribution is -0.119. The summed E-state index contributed by atoms with van der Waals surface area (Å²) in [7, 11) is 0. The van der Waals surface area contributed by atoms with Crippen molar-refractivity contribution in [1.82, 2.24) is 5.32 Å². The van der Waals surface area contributed by atoms with Gasteiger partial charge >= 0.3 is 0 Å². The van der Waals surface area contributed by atoms with Crippen LogP contribution in [0, 0.1) is 11.8 Å². The van der Waals surface area contributed by atoms with Crippen LogP contribution < -0.4 is 10.6 Å². The zero-order valence-electron chi connectivity index (χ0n) is 12.9. The highest BCUT2D eigenvalue weighted by Crippen LogP contribution is 2.11. The van der Waals surface area contributed by atoms with Crippen LogP contribution in [0.3, 0.4) is 0 Å². The van der Waals surface area contributed by atoms with Gasteiger partial charge in [-0.1, -0.05) is 24.0 Å². The molecule has 3 rings (SSSR count). The standard InChI is InChI=1S/C19H16N2O2S/c22-19(21-13-17-6-2-10-23-17)14-20-16-5-1-4-15(12-16)8-9-18-7-3-11-24-18/h1-7,10-12,20H,13-14H2,(H,21,22). The molecular formula is C19H16N2O2S. The molecule has 0 spiro atoms. The topological polar surface area (TPSA) is 54.3 Å². The Hall–Kier alpha value is -2.97. The molecule has 1 aromatic carbocycles. The van der Waals surface area contributed by atoms with Crippen LogP contribution in [0.15, 0.2) is 64.6 Å². The van der Waals surface area contributed by atoms with Gasteiger partial charge in [0.25, 0.3) is 0 Å². The second-order valence-electron chi connectivity index (χ2n) is 5.02. The van der Waals surface area contributed by atoms with Crippen molar-refractivity contribution in [2.75, 3.05) is 11.9 Å². The van der Waals surface area contributed by atoms with Crippen LogP contribution in [-0.4, -0.2) is 12.5 Å². The number of hydrogen-bond donors (Lipinski definition) is 2. The average molecular weight is 336 g/mol. The second-order valence-corrected chi connectivity index (χ2v) is 5.97. The fourth-order valence-corrected chi connectivity index (χ4v) is 2.60. The molecule has 0 fully saturated rings. The first-order valence-corrected chi connectivity index (χ1v) is 8.36. The summed E-state index contributed by atoms with van der Waals surface area (Å²) in [5.41, 5.74) is 1.77. The Kier molecular flexibility index (Phi) is 5.33. The summed E-state index contributed by atoms with van der Waals surface area (Å²) in [4.78, 5) is 12.9. The van der Waals surface area contributed by atoms with E-state index >= 15 is 0 Å². The van der Waals surface area contributed by atoms with Gasteiger partial charge in [-0.2, -0.15) is 0 Å². The molecule has 0 aliphatic carbocycles. The number of rotatable bonds is 5. The number of thiophene rings is 1. The molecule has 0 aliphatic heterocycles.